The molecule has 8 fully saturated rings. The Hall–Kier alpha value is -12.9. The lowest BCUT2D eigenvalue weighted by atomic mass is 10.0. The summed E-state index contributed by atoms with van der Waals surface area (Å²) in [6.07, 6.45) is -13.6. The highest BCUT2D eigenvalue weighted by molar-refractivity contribution is 6.09. The first-order chi connectivity index (χ1) is 79.8. The zero-order valence-electron chi connectivity index (χ0n) is 109. The van der Waals surface area contributed by atoms with Gasteiger partial charge in [-0.05, 0) is 118 Å². The molecule has 0 bridgehead atoms. The molecule has 12 heterocycles. The number of fused-ring (bicyclic) bond motifs is 4. The fourth-order valence-corrected chi connectivity index (χ4v) is 16.3. The van der Waals surface area contributed by atoms with Gasteiger partial charge < -0.3 is 59.8 Å². The highest BCUT2D eigenvalue weighted by Crippen LogP contribution is 2.39. The van der Waals surface area contributed by atoms with Gasteiger partial charge in [0.2, 0.25) is 47.3 Å². The van der Waals surface area contributed by atoms with Crippen LogP contribution < -0.4 is 42.5 Å². The highest BCUT2D eigenvalue weighted by atomic mass is 16.5. The summed E-state index contributed by atoms with van der Waals surface area (Å²) in [5.74, 6) is -12.4. The van der Waals surface area contributed by atoms with Crippen LogP contribution in [0.15, 0.2) is 169 Å². The average Bonchev–Trinajstić information content (AvgIpc) is 1.30. The number of rotatable bonds is 24. The van der Waals surface area contributed by atoms with Crippen molar-refractivity contribution >= 4 is 93.6 Å². The molecule has 688 valence electrons. The quantitative estimate of drug-likeness (QED) is 0.0270. The number of morpholine rings is 4. The van der Waals surface area contributed by atoms with Gasteiger partial charge in [0.05, 0.1) is 94.0 Å². The monoisotopic (exact) mass is 1830 g/mol. The summed E-state index contributed by atoms with van der Waals surface area (Å²) >= 11 is 0. The van der Waals surface area contributed by atoms with Crippen LogP contribution in [0, 0.1) is 0 Å². The smallest absolute Gasteiger partial charge is 0.255 e. The number of ether oxygens (including phenoxy) is 4. The Labute approximate surface area is 819 Å². The fraction of sp³-hybridized carbons (Fsp3) is 0.400. The summed E-state index contributed by atoms with van der Waals surface area (Å²) in [6, 6.07) is -20.6. The van der Waals surface area contributed by atoms with E-state index in [4.69, 9.17) is 71.0 Å². The van der Waals surface area contributed by atoms with Crippen molar-refractivity contribution in [2.24, 2.45) is 0 Å². The maximum atomic E-state index is 13.6. The van der Waals surface area contributed by atoms with Crippen molar-refractivity contribution < 1.29 is 129 Å². The molecule has 12 amide bonds. The Bertz CT molecular complexity index is 7970. The molecule has 12 aliphatic heterocycles. The number of nitrogens with zero attached hydrogens (tertiary/aromatic N) is 8. The van der Waals surface area contributed by atoms with E-state index in [2.05, 4.69) is 31.9 Å². The Morgan fingerprint density at radius 1 is 0.303 bits per heavy atom. The second kappa shape index (κ2) is 42.5. The number of carbonyl (C=O) groups excluding carboxylic acids is 12. The maximum absolute atomic E-state index is 13.6. The minimum atomic E-state index is -3.57. The molecule has 20 rings (SSSR count). The van der Waals surface area contributed by atoms with Crippen molar-refractivity contribution in [2.45, 2.75) is 154 Å². The molecule has 8 aromatic carbocycles. The summed E-state index contributed by atoms with van der Waals surface area (Å²) < 4.78 is 339. The lowest BCUT2D eigenvalue weighted by Crippen LogP contribution is -2.52. The Kier molecular flexibility index (Phi) is 17.9. The number of benzene rings is 8. The first kappa shape index (κ1) is 55.4. The van der Waals surface area contributed by atoms with Crippen LogP contribution in [0.25, 0.3) is 0 Å². The van der Waals surface area contributed by atoms with E-state index in [1.807, 2.05) is 19.6 Å². The first-order valence-electron chi connectivity index (χ1n) is 61.4. The lowest BCUT2D eigenvalue weighted by molar-refractivity contribution is -0.138. The van der Waals surface area contributed by atoms with Gasteiger partial charge in [-0.3, -0.25) is 98.4 Å². The van der Waals surface area contributed by atoms with E-state index in [1.54, 1.807) is 10.6 Å². The number of carbonyl (C=O) groups is 12. The van der Waals surface area contributed by atoms with E-state index in [0.29, 0.717) is 137 Å². The summed E-state index contributed by atoms with van der Waals surface area (Å²) in [7, 11) is 0. The number of imide groups is 4. The van der Waals surface area contributed by atoms with Crippen LogP contribution in [0.4, 0.5) is 22.7 Å². The second-order valence-corrected chi connectivity index (χ2v) is 31.5. The third-order valence-corrected chi connectivity index (χ3v) is 23.3. The highest BCUT2D eigenvalue weighted by Gasteiger charge is 2.45. The van der Waals surface area contributed by atoms with Crippen molar-refractivity contribution in [3.63, 3.8) is 0 Å². The van der Waals surface area contributed by atoms with Crippen LogP contribution in [0.1, 0.15) is 211 Å². The predicted molar refractivity (Wildman–Crippen MR) is 489 cm³/mol. The van der Waals surface area contributed by atoms with Gasteiger partial charge in [0, 0.05) is 235 Å². The molecule has 0 aromatic heterocycles. The minimum absolute atomic E-state index is 0.00234. The van der Waals surface area contributed by atoms with Gasteiger partial charge in [0.25, 0.3) is 23.6 Å². The molecule has 8 aromatic rings. The van der Waals surface area contributed by atoms with Crippen molar-refractivity contribution in [1.29, 1.82) is 0 Å². The molecule has 0 aliphatic carbocycles. The molecule has 4 unspecified atom stereocenters. The van der Waals surface area contributed by atoms with Crippen molar-refractivity contribution in [3.05, 3.63) is 258 Å². The normalized spacial score (nSPS) is 27.9. The molecule has 4 atom stereocenters. The first-order valence-corrected chi connectivity index (χ1v) is 42.4. The Morgan fingerprint density at radius 2 is 0.576 bits per heavy atom. The molecule has 32 nitrogen and oxygen atoms in total. The molecule has 0 radical (unpaired) electrons. The van der Waals surface area contributed by atoms with Gasteiger partial charge in [-0.2, -0.15) is 0 Å². The minimum Gasteiger partial charge on any atom is -0.381 e. The summed E-state index contributed by atoms with van der Waals surface area (Å²) in [6.45, 7) is 6.41. The molecule has 8 N–H and O–H groups in total. The van der Waals surface area contributed by atoms with Crippen LogP contribution in [0.5, 0.6) is 0 Å². The summed E-state index contributed by atoms with van der Waals surface area (Å²) in [5.41, 5.74) is 0.800. The molecule has 8 saturated heterocycles. The number of anilines is 4. The number of hydrogen-bond donors (Lipinski definition) is 8. The van der Waals surface area contributed by atoms with Gasteiger partial charge in [-0.1, -0.05) is 121 Å². The zero-order valence-corrected chi connectivity index (χ0v) is 70.9. The molecule has 132 heavy (non-hydrogen) atoms. The standard InChI is InChI=1S/4C25H28N4O4/c4*30-23-9-8-22(24(31)27-23)29-16-20-19(25(29)32)6-3-7-21(20)26-14-17-4-1-2-5-18(17)15-28-10-12-33-13-11-28/h4*1-7,22,26H,8-16H2,(H,27,30,31)/i1D,2D,3D,4D,5D,6D,7D,8D2,9D2,22D;1D,2D,3D,4D,5D,6D,7D,8D2,9D2;1D,2D,3D,4D,5D,6D,7D,22D;1D,2D,3D,4D,5D,6D,7D. The van der Waals surface area contributed by atoms with Gasteiger partial charge in [0.1, 0.15) is 24.1 Å². The van der Waals surface area contributed by atoms with E-state index >= 15 is 0 Å². The van der Waals surface area contributed by atoms with Crippen molar-refractivity contribution in [1.82, 2.24) is 60.5 Å². The maximum Gasteiger partial charge on any atom is 0.255 e. The number of piperidine rings is 4. The van der Waals surface area contributed by atoms with E-state index < -0.39 is 247 Å². The van der Waals surface area contributed by atoms with Gasteiger partial charge >= 0.3 is 0 Å². The van der Waals surface area contributed by atoms with Crippen LogP contribution in [-0.2, 0) is 136 Å². The Balaban J connectivity index is 0.000000151. The molecule has 12 aliphatic rings. The van der Waals surface area contributed by atoms with Gasteiger partial charge in [-0.25, -0.2) is 0 Å². The van der Waals surface area contributed by atoms with Crippen molar-refractivity contribution in [3.8, 4) is 0 Å². The summed E-state index contributed by atoms with van der Waals surface area (Å²) in [4.78, 5) is 163. The van der Waals surface area contributed by atoms with Crippen LogP contribution in [0.2, 0.25) is 0 Å². The SMILES string of the molecule is [2H]c1c([2H])c([2H])c(CN2CCOCC2)c(CNc2c([2H])c([2H])c([2H])c3c2CN(C2([2H])C(=O)NC(=O)C([2H])([2H])C2([2H])[2H])C3=O)c1[2H].[2H]c1c([2H])c([2H])c(CN2CCOCC2)c(CNc2c([2H])c([2H])c([2H])c3c2CN(C2([2H])CCC(=O)NC2=O)C3=O)c1[2H].[2H]c1c([2H])c([2H])c(CN2CCOCC2)c(CNc2c([2H])c([2H])c([2H])c3c2CN(C2C(=O)NC(=O)C([2H])([2H])C2([2H])[2H])C3=O)c1[2H].[2H]c1c([2H])c([2H])c(CN2CCOCC2)c(CNc2c([2H])c([2H])c([2H])c3c2CN(C2CCC(=O)NC2=O)C3=O)c1[2H]. The molecule has 0 spiro atoms. The molecular formula is C100H112N16O16. The van der Waals surface area contributed by atoms with Gasteiger partial charge in [0.15, 0.2) is 0 Å². The number of amides is 12. The van der Waals surface area contributed by atoms with E-state index in [9.17, 15) is 57.5 Å². The average molecular weight is 1830 g/mol. The number of nitrogens with one attached hydrogen (secondary N) is 8. The predicted octanol–water partition coefficient (Wildman–Crippen LogP) is 7.57. The molecular weight excluding hydrogens is 1680 g/mol. The van der Waals surface area contributed by atoms with E-state index in [-0.39, 0.29) is 236 Å². The van der Waals surface area contributed by atoms with E-state index in [1.165, 1.54) is 4.90 Å². The largest absolute Gasteiger partial charge is 0.381 e. The lowest BCUT2D eigenvalue weighted by Gasteiger charge is -2.29. The topological polar surface area (TPSA) is 364 Å². The Morgan fingerprint density at radius 3 is 0.924 bits per heavy atom. The van der Waals surface area contributed by atoms with E-state index in [0.717, 1.165) is 4.90 Å². The third kappa shape index (κ3) is 21.5. The van der Waals surface area contributed by atoms with Gasteiger partial charge in [-0.15, -0.1) is 0 Å². The van der Waals surface area contributed by atoms with Crippen molar-refractivity contribution in [2.75, 3.05) is 126 Å². The zero-order chi connectivity index (χ0) is 125. The molecule has 0 saturated carbocycles. The number of hydrogen-bond acceptors (Lipinski definition) is 24. The van der Waals surface area contributed by atoms with Crippen LogP contribution in [-0.4, -0.2) is 239 Å². The van der Waals surface area contributed by atoms with Crippen LogP contribution in [0.3, 0.4) is 0 Å². The molecule has 32 heteroatoms. The third-order valence-electron chi connectivity index (χ3n) is 23.3. The fourth-order valence-electron chi connectivity index (χ4n) is 16.3. The summed E-state index contributed by atoms with van der Waals surface area (Å²) in [5, 5.41) is 19.4. The van der Waals surface area contributed by atoms with Crippen LogP contribution >= 0.6 is 0 Å². The second-order valence-electron chi connectivity index (χ2n) is 31.5.